The van der Waals surface area contributed by atoms with Gasteiger partial charge in [0, 0.05) is 25.2 Å². The summed E-state index contributed by atoms with van der Waals surface area (Å²) in [6.45, 7) is 3.86. The molecule has 20 heavy (non-hydrogen) atoms. The van der Waals surface area contributed by atoms with E-state index in [2.05, 4.69) is 31.0 Å². The standard InChI is InChI=1S/C16H26N2O2/c1-12(17)16(13-6-4-7-14(10-13)19-3)18(2)11-15-8-5-9-20-15/h4,6-7,10,12,15-16H,5,8-9,11,17H2,1-3H3. The summed E-state index contributed by atoms with van der Waals surface area (Å²) in [5.74, 6) is 0.874. The molecule has 1 fully saturated rings. The van der Waals surface area contributed by atoms with Gasteiger partial charge in [0.05, 0.1) is 13.2 Å². The van der Waals surface area contributed by atoms with Crippen LogP contribution < -0.4 is 10.5 Å². The second-order valence-corrected chi connectivity index (χ2v) is 5.66. The third-order valence-corrected chi connectivity index (χ3v) is 3.92. The van der Waals surface area contributed by atoms with Crippen molar-refractivity contribution in [2.75, 3.05) is 27.3 Å². The normalized spacial score (nSPS) is 21.9. The van der Waals surface area contributed by atoms with Gasteiger partial charge < -0.3 is 15.2 Å². The molecule has 1 saturated heterocycles. The summed E-state index contributed by atoms with van der Waals surface area (Å²) in [5.41, 5.74) is 7.41. The SMILES string of the molecule is COc1cccc(C(C(C)N)N(C)CC2CCCO2)c1. The van der Waals surface area contributed by atoms with Crippen LogP contribution in [0.5, 0.6) is 5.75 Å². The molecule has 1 aromatic carbocycles. The predicted molar refractivity (Wildman–Crippen MR) is 81.0 cm³/mol. The summed E-state index contributed by atoms with van der Waals surface area (Å²) in [7, 11) is 3.81. The molecule has 1 aromatic rings. The van der Waals surface area contributed by atoms with Crippen molar-refractivity contribution in [3.63, 3.8) is 0 Å². The lowest BCUT2D eigenvalue weighted by Crippen LogP contribution is -2.40. The molecule has 4 nitrogen and oxygen atoms in total. The molecule has 1 aliphatic heterocycles. The molecule has 0 radical (unpaired) electrons. The van der Waals surface area contributed by atoms with E-state index in [4.69, 9.17) is 15.2 Å². The largest absolute Gasteiger partial charge is 0.497 e. The van der Waals surface area contributed by atoms with E-state index < -0.39 is 0 Å². The van der Waals surface area contributed by atoms with Gasteiger partial charge >= 0.3 is 0 Å². The van der Waals surface area contributed by atoms with E-state index in [1.54, 1.807) is 7.11 Å². The Labute approximate surface area is 121 Å². The Morgan fingerprint density at radius 1 is 1.50 bits per heavy atom. The zero-order chi connectivity index (χ0) is 14.5. The summed E-state index contributed by atoms with van der Waals surface area (Å²) >= 11 is 0. The highest BCUT2D eigenvalue weighted by Crippen LogP contribution is 2.27. The van der Waals surface area contributed by atoms with Crippen LogP contribution in [-0.4, -0.2) is 44.4 Å². The molecule has 1 heterocycles. The number of hydrogen-bond donors (Lipinski definition) is 1. The third-order valence-electron chi connectivity index (χ3n) is 3.92. The van der Waals surface area contributed by atoms with E-state index in [0.717, 1.165) is 25.3 Å². The molecule has 0 spiro atoms. The maximum absolute atomic E-state index is 6.21. The van der Waals surface area contributed by atoms with Gasteiger partial charge in [-0.3, -0.25) is 4.90 Å². The molecule has 1 aliphatic rings. The van der Waals surface area contributed by atoms with Crippen molar-refractivity contribution in [2.24, 2.45) is 5.73 Å². The summed E-state index contributed by atoms with van der Waals surface area (Å²) < 4.78 is 11.0. The van der Waals surface area contributed by atoms with Crippen molar-refractivity contribution in [1.82, 2.24) is 4.90 Å². The fourth-order valence-electron chi connectivity index (χ4n) is 3.01. The Balaban J connectivity index is 2.12. The molecule has 0 aliphatic carbocycles. The number of benzene rings is 1. The van der Waals surface area contributed by atoms with Crippen LogP contribution in [-0.2, 0) is 4.74 Å². The Bertz CT molecular complexity index is 417. The van der Waals surface area contributed by atoms with Gasteiger partial charge in [-0.05, 0) is 44.5 Å². The summed E-state index contributed by atoms with van der Waals surface area (Å²) in [4.78, 5) is 2.30. The van der Waals surface area contributed by atoms with Crippen LogP contribution in [0.3, 0.4) is 0 Å². The predicted octanol–water partition coefficient (Wildman–Crippen LogP) is 2.19. The van der Waals surface area contributed by atoms with Crippen LogP contribution >= 0.6 is 0 Å². The van der Waals surface area contributed by atoms with E-state index in [0.29, 0.717) is 6.10 Å². The third kappa shape index (κ3) is 3.72. The van der Waals surface area contributed by atoms with Gasteiger partial charge in [-0.25, -0.2) is 0 Å². The smallest absolute Gasteiger partial charge is 0.119 e. The van der Waals surface area contributed by atoms with Crippen molar-refractivity contribution >= 4 is 0 Å². The number of likely N-dealkylation sites (N-methyl/N-ethyl adjacent to an activating group) is 1. The zero-order valence-electron chi connectivity index (χ0n) is 12.7. The maximum atomic E-state index is 6.21. The Morgan fingerprint density at radius 2 is 2.30 bits per heavy atom. The van der Waals surface area contributed by atoms with Crippen molar-refractivity contribution in [1.29, 1.82) is 0 Å². The van der Waals surface area contributed by atoms with Gasteiger partial charge in [0.25, 0.3) is 0 Å². The number of nitrogens with two attached hydrogens (primary N) is 1. The minimum Gasteiger partial charge on any atom is -0.497 e. The highest BCUT2D eigenvalue weighted by atomic mass is 16.5. The summed E-state index contributed by atoms with van der Waals surface area (Å²) in [6, 6.07) is 8.39. The molecule has 0 aromatic heterocycles. The van der Waals surface area contributed by atoms with Crippen LogP contribution in [0.25, 0.3) is 0 Å². The summed E-state index contributed by atoms with van der Waals surface area (Å²) in [5, 5.41) is 0. The van der Waals surface area contributed by atoms with Crippen molar-refractivity contribution in [3.8, 4) is 5.75 Å². The number of ether oxygens (including phenoxy) is 2. The average molecular weight is 278 g/mol. The fraction of sp³-hybridized carbons (Fsp3) is 0.625. The molecule has 0 amide bonds. The molecule has 0 bridgehead atoms. The van der Waals surface area contributed by atoms with Crippen LogP contribution in [0, 0.1) is 0 Å². The number of hydrogen-bond acceptors (Lipinski definition) is 4. The number of rotatable bonds is 6. The highest BCUT2D eigenvalue weighted by molar-refractivity contribution is 5.31. The molecule has 3 atom stereocenters. The number of nitrogens with zero attached hydrogens (tertiary/aromatic N) is 1. The zero-order valence-corrected chi connectivity index (χ0v) is 12.7. The Kier molecular flexibility index (Phi) is 5.40. The first kappa shape index (κ1) is 15.3. The topological polar surface area (TPSA) is 47.7 Å². The average Bonchev–Trinajstić information content (AvgIpc) is 2.91. The monoisotopic (exact) mass is 278 g/mol. The molecule has 3 unspecified atom stereocenters. The summed E-state index contributed by atoms with van der Waals surface area (Å²) in [6.07, 6.45) is 2.65. The second-order valence-electron chi connectivity index (χ2n) is 5.66. The lowest BCUT2D eigenvalue weighted by Gasteiger charge is -2.33. The van der Waals surface area contributed by atoms with Crippen LogP contribution in [0.15, 0.2) is 24.3 Å². The maximum Gasteiger partial charge on any atom is 0.119 e. The van der Waals surface area contributed by atoms with Gasteiger partial charge in [-0.1, -0.05) is 12.1 Å². The van der Waals surface area contributed by atoms with E-state index in [1.165, 1.54) is 12.0 Å². The van der Waals surface area contributed by atoms with Gasteiger partial charge in [0.15, 0.2) is 0 Å². The van der Waals surface area contributed by atoms with Crippen LogP contribution in [0.2, 0.25) is 0 Å². The molecular formula is C16H26N2O2. The Morgan fingerprint density at radius 3 is 2.90 bits per heavy atom. The second kappa shape index (κ2) is 7.07. The quantitative estimate of drug-likeness (QED) is 0.866. The van der Waals surface area contributed by atoms with Gasteiger partial charge in [0.2, 0.25) is 0 Å². The van der Waals surface area contributed by atoms with E-state index in [-0.39, 0.29) is 12.1 Å². The van der Waals surface area contributed by atoms with Gasteiger partial charge in [-0.15, -0.1) is 0 Å². The Hall–Kier alpha value is -1.10. The van der Waals surface area contributed by atoms with E-state index >= 15 is 0 Å². The fourth-order valence-corrected chi connectivity index (χ4v) is 3.01. The first-order valence-electron chi connectivity index (χ1n) is 7.33. The molecule has 2 N–H and O–H groups in total. The minimum absolute atomic E-state index is 0.0495. The van der Waals surface area contributed by atoms with E-state index in [9.17, 15) is 0 Å². The molecule has 2 rings (SSSR count). The van der Waals surface area contributed by atoms with Crippen molar-refractivity contribution in [2.45, 2.75) is 38.0 Å². The van der Waals surface area contributed by atoms with Crippen molar-refractivity contribution < 1.29 is 9.47 Å². The van der Waals surface area contributed by atoms with Gasteiger partial charge in [-0.2, -0.15) is 0 Å². The first-order chi connectivity index (χ1) is 9.61. The minimum atomic E-state index is 0.0495. The highest BCUT2D eigenvalue weighted by Gasteiger charge is 2.25. The van der Waals surface area contributed by atoms with Crippen molar-refractivity contribution in [3.05, 3.63) is 29.8 Å². The van der Waals surface area contributed by atoms with Crippen LogP contribution in [0.4, 0.5) is 0 Å². The lowest BCUT2D eigenvalue weighted by molar-refractivity contribution is 0.0642. The lowest BCUT2D eigenvalue weighted by atomic mass is 9.99. The molecule has 112 valence electrons. The van der Waals surface area contributed by atoms with E-state index in [1.807, 2.05) is 12.1 Å². The van der Waals surface area contributed by atoms with Crippen LogP contribution in [0.1, 0.15) is 31.4 Å². The molecule has 0 saturated carbocycles. The molecule has 4 heteroatoms. The molecular weight excluding hydrogens is 252 g/mol. The van der Waals surface area contributed by atoms with Gasteiger partial charge in [0.1, 0.15) is 5.75 Å². The first-order valence-corrected chi connectivity index (χ1v) is 7.33. The number of methoxy groups -OCH3 is 1.